The fraction of sp³-hybridized carbons (Fsp3) is 0.500. The molecule has 2 aromatic rings. The van der Waals surface area contributed by atoms with Gasteiger partial charge in [0.2, 0.25) is 5.13 Å². The van der Waals surface area contributed by atoms with Gasteiger partial charge in [0.05, 0.1) is 17.5 Å². The number of carbonyl (C=O) groups is 2. The molecule has 2 aliphatic heterocycles. The smallest absolute Gasteiger partial charge is 0.296 e. The van der Waals surface area contributed by atoms with E-state index in [9.17, 15) is 14.0 Å². The molecule has 0 saturated heterocycles. The maximum absolute atomic E-state index is 14.2. The van der Waals surface area contributed by atoms with Gasteiger partial charge in [-0.15, -0.1) is 22.0 Å². The van der Waals surface area contributed by atoms with Gasteiger partial charge in [0.1, 0.15) is 17.3 Å². The van der Waals surface area contributed by atoms with E-state index in [1.807, 2.05) is 30.5 Å². The summed E-state index contributed by atoms with van der Waals surface area (Å²) in [5, 5.41) is 9.89. The Morgan fingerprint density at radius 2 is 1.97 bits per heavy atom. The Morgan fingerprint density at radius 1 is 1.21 bits per heavy atom. The van der Waals surface area contributed by atoms with Crippen LogP contribution < -0.4 is 4.90 Å². The van der Waals surface area contributed by atoms with E-state index >= 15 is 0 Å². The lowest BCUT2D eigenvalue weighted by molar-refractivity contribution is -0.133. The molecule has 4 atom stereocenters. The van der Waals surface area contributed by atoms with Crippen molar-refractivity contribution in [3.8, 4) is 0 Å². The molecule has 0 bridgehead atoms. The van der Waals surface area contributed by atoms with Gasteiger partial charge in [0.25, 0.3) is 5.91 Å². The number of benzene rings is 1. The number of thioether (sulfide) groups is 1. The minimum absolute atomic E-state index is 0.0955. The highest BCUT2D eigenvalue weighted by atomic mass is 32.2. The normalized spacial score (nSPS) is 27.1. The lowest BCUT2D eigenvalue weighted by Crippen LogP contribution is -2.42. The lowest BCUT2D eigenvalue weighted by atomic mass is 9.77. The second-order valence-corrected chi connectivity index (χ2v) is 11.1. The van der Waals surface area contributed by atoms with Gasteiger partial charge in [-0.2, -0.15) is 0 Å². The molecule has 1 amide bonds. The molecule has 1 aromatic carbocycles. The van der Waals surface area contributed by atoms with E-state index in [1.165, 1.54) is 11.3 Å². The van der Waals surface area contributed by atoms with E-state index < -0.39 is 24.2 Å². The molecule has 3 heterocycles. The lowest BCUT2D eigenvalue weighted by Gasteiger charge is -2.36. The topological polar surface area (TPSA) is 72.4 Å². The number of hydrogen-bond acceptors (Lipinski definition) is 7. The number of amides is 1. The van der Waals surface area contributed by atoms with Crippen molar-refractivity contribution in [2.24, 2.45) is 11.8 Å². The van der Waals surface area contributed by atoms with Crippen LogP contribution >= 0.6 is 23.1 Å². The second kappa shape index (κ2) is 8.83. The molecule has 9 heteroatoms. The van der Waals surface area contributed by atoms with Gasteiger partial charge in [-0.05, 0) is 49.1 Å². The van der Waals surface area contributed by atoms with Gasteiger partial charge in [-0.3, -0.25) is 14.5 Å². The zero-order chi connectivity index (χ0) is 23.3. The average Bonchev–Trinajstić information content (AvgIpc) is 3.36. The first kappa shape index (κ1) is 22.5. The molecular formula is C24H26FN3O3S2. The summed E-state index contributed by atoms with van der Waals surface area (Å²) in [4.78, 5) is 29.9. The van der Waals surface area contributed by atoms with E-state index in [2.05, 4.69) is 24.0 Å². The number of hydrogen-bond donors (Lipinski definition) is 0. The Balaban J connectivity index is 1.59. The van der Waals surface area contributed by atoms with E-state index in [-0.39, 0.29) is 23.9 Å². The molecule has 0 N–H and O–H groups in total. The van der Waals surface area contributed by atoms with Crippen LogP contribution in [0.1, 0.15) is 49.7 Å². The number of anilines is 1. The molecule has 1 aliphatic carbocycles. The summed E-state index contributed by atoms with van der Waals surface area (Å²) in [6.07, 6.45) is 2.22. The van der Waals surface area contributed by atoms with E-state index in [1.54, 1.807) is 16.7 Å². The van der Waals surface area contributed by atoms with Crippen LogP contribution in [-0.4, -0.2) is 40.4 Å². The molecule has 4 unspecified atom stereocenters. The Bertz CT molecular complexity index is 1110. The summed E-state index contributed by atoms with van der Waals surface area (Å²) < 4.78 is 20.3. The van der Waals surface area contributed by atoms with Crippen molar-refractivity contribution in [2.45, 2.75) is 62.7 Å². The predicted molar refractivity (Wildman–Crippen MR) is 126 cm³/mol. The maximum atomic E-state index is 14.2. The highest BCUT2D eigenvalue weighted by molar-refractivity contribution is 7.98. The zero-order valence-electron chi connectivity index (χ0n) is 18.8. The molecule has 3 aliphatic rings. The van der Waals surface area contributed by atoms with Gasteiger partial charge in [-0.25, -0.2) is 4.39 Å². The highest BCUT2D eigenvalue weighted by Crippen LogP contribution is 2.49. The number of rotatable bonds is 5. The Kier molecular flexibility index (Phi) is 6.03. The summed E-state index contributed by atoms with van der Waals surface area (Å²) >= 11 is 2.99. The Morgan fingerprint density at radius 3 is 2.67 bits per heavy atom. The quantitative estimate of drug-likeness (QED) is 0.558. The number of carbonyl (C=O) groups excluding carboxylic acids is 2. The Hall–Kier alpha value is -2.26. The van der Waals surface area contributed by atoms with Crippen molar-refractivity contribution in [3.63, 3.8) is 0 Å². The number of Topliss-reactive ketones (excluding diaryl/α,β-unsaturated/α-hetero) is 1. The second-order valence-electron chi connectivity index (χ2n) is 9.21. The number of ketones is 1. The number of halogens is 1. The van der Waals surface area contributed by atoms with Crippen molar-refractivity contribution in [1.82, 2.24) is 10.2 Å². The Labute approximate surface area is 200 Å². The number of ether oxygens (including phenoxy) is 1. The van der Waals surface area contributed by atoms with Crippen LogP contribution in [0.2, 0.25) is 0 Å². The molecule has 5 rings (SSSR count). The number of aromatic nitrogens is 2. The third-order valence-corrected chi connectivity index (χ3v) is 8.15. The molecule has 0 radical (unpaired) electrons. The SMILES string of the molecule is CSc1ccc(C2C3=C(OC4CCC(F)CC4C3=O)C(=O)N2c2nnc(CC(C)C)s2)cc1. The highest BCUT2D eigenvalue weighted by Gasteiger charge is 2.54. The minimum Gasteiger partial charge on any atom is -0.483 e. The maximum Gasteiger partial charge on any atom is 0.296 e. The largest absolute Gasteiger partial charge is 0.483 e. The molecule has 1 saturated carbocycles. The van der Waals surface area contributed by atoms with Crippen LogP contribution in [0, 0.1) is 11.8 Å². The van der Waals surface area contributed by atoms with Gasteiger partial charge >= 0.3 is 0 Å². The van der Waals surface area contributed by atoms with Crippen molar-refractivity contribution < 1.29 is 18.7 Å². The third kappa shape index (κ3) is 3.99. The molecular weight excluding hydrogens is 461 g/mol. The predicted octanol–water partition coefficient (Wildman–Crippen LogP) is 4.91. The van der Waals surface area contributed by atoms with Crippen LogP contribution in [0.3, 0.4) is 0 Å². The number of nitrogens with zero attached hydrogens (tertiary/aromatic N) is 3. The van der Waals surface area contributed by atoms with Crippen molar-refractivity contribution in [1.29, 1.82) is 0 Å². The van der Waals surface area contributed by atoms with Crippen LogP contribution in [0.5, 0.6) is 0 Å². The van der Waals surface area contributed by atoms with Crippen molar-refractivity contribution in [2.75, 3.05) is 11.2 Å². The number of alkyl halides is 1. The first-order valence-corrected chi connectivity index (χ1v) is 13.3. The standard InChI is InChI=1S/C24H26FN3O3S2/c1-12(2)10-18-26-27-24(33-18)28-20(13-4-7-15(32-3)8-5-13)19-21(29)16-11-14(25)6-9-17(16)31-22(19)23(28)30/h4-5,7-8,12,14,16-17,20H,6,9-11H2,1-3H3. The van der Waals surface area contributed by atoms with Crippen LogP contribution in [0.15, 0.2) is 40.5 Å². The van der Waals surface area contributed by atoms with Crippen molar-refractivity contribution in [3.05, 3.63) is 46.2 Å². The van der Waals surface area contributed by atoms with Crippen LogP contribution in [0.25, 0.3) is 0 Å². The summed E-state index contributed by atoms with van der Waals surface area (Å²) in [7, 11) is 0. The molecule has 174 valence electrons. The minimum atomic E-state index is -1.02. The molecule has 6 nitrogen and oxygen atoms in total. The van der Waals surface area contributed by atoms with E-state index in [4.69, 9.17) is 4.74 Å². The van der Waals surface area contributed by atoms with Gasteiger partial charge in [-0.1, -0.05) is 37.3 Å². The van der Waals surface area contributed by atoms with Crippen molar-refractivity contribution >= 4 is 39.9 Å². The van der Waals surface area contributed by atoms with Gasteiger partial charge in [0, 0.05) is 11.3 Å². The monoisotopic (exact) mass is 487 g/mol. The van der Waals surface area contributed by atoms with E-state index in [0.717, 1.165) is 21.9 Å². The molecule has 1 fully saturated rings. The van der Waals surface area contributed by atoms with Gasteiger partial charge in [0.15, 0.2) is 11.5 Å². The van der Waals surface area contributed by atoms with Gasteiger partial charge < -0.3 is 4.74 Å². The third-order valence-electron chi connectivity index (χ3n) is 6.46. The molecule has 1 aromatic heterocycles. The summed E-state index contributed by atoms with van der Waals surface area (Å²) in [6.45, 7) is 4.20. The fourth-order valence-electron chi connectivity index (χ4n) is 4.89. The average molecular weight is 488 g/mol. The first-order valence-electron chi connectivity index (χ1n) is 11.3. The number of fused-ring (bicyclic) bond motifs is 1. The molecule has 33 heavy (non-hydrogen) atoms. The van der Waals surface area contributed by atoms with E-state index in [0.29, 0.717) is 29.5 Å². The van der Waals surface area contributed by atoms with Crippen LogP contribution in [-0.2, 0) is 20.7 Å². The summed E-state index contributed by atoms with van der Waals surface area (Å²) in [5.74, 6) is -0.601. The summed E-state index contributed by atoms with van der Waals surface area (Å²) in [6, 6.07) is 7.15. The van der Waals surface area contributed by atoms with Crippen LogP contribution in [0.4, 0.5) is 9.52 Å². The fourth-order valence-corrected chi connectivity index (χ4v) is 6.37. The zero-order valence-corrected chi connectivity index (χ0v) is 20.4. The summed E-state index contributed by atoms with van der Waals surface area (Å²) in [5.41, 5.74) is 1.13. The first-order chi connectivity index (χ1) is 15.9. The molecule has 0 spiro atoms.